The maximum absolute atomic E-state index is 13.0. The maximum atomic E-state index is 13.0. The zero-order chi connectivity index (χ0) is 14.7. The molecule has 2 rings (SSSR count). The number of hydrogen-bond acceptors (Lipinski definition) is 4. The number of halogens is 1. The first-order chi connectivity index (χ1) is 9.47. The van der Waals surface area contributed by atoms with Gasteiger partial charge in [-0.2, -0.15) is 0 Å². The Balaban J connectivity index is 2.28. The smallest absolute Gasteiger partial charge is 0.337 e. The minimum atomic E-state index is -1.34. The summed E-state index contributed by atoms with van der Waals surface area (Å²) >= 11 is 0. The van der Waals surface area contributed by atoms with Gasteiger partial charge < -0.3 is 16.2 Å². The van der Waals surface area contributed by atoms with Crippen LogP contribution in [0.2, 0.25) is 0 Å². The van der Waals surface area contributed by atoms with Gasteiger partial charge in [-0.15, -0.1) is 0 Å². The van der Waals surface area contributed by atoms with E-state index in [0.717, 1.165) is 12.1 Å². The first-order valence-electron chi connectivity index (χ1n) is 5.53. The number of carboxylic acids is 1. The molecule has 0 unspecified atom stereocenters. The van der Waals surface area contributed by atoms with E-state index in [4.69, 9.17) is 10.8 Å². The predicted octanol–water partition coefficient (Wildman–Crippen LogP) is 1.75. The minimum absolute atomic E-state index is 0.0116. The lowest BCUT2D eigenvalue weighted by Gasteiger charge is -2.08. The molecule has 6 nitrogen and oxygen atoms in total. The quantitative estimate of drug-likeness (QED) is 0.791. The van der Waals surface area contributed by atoms with Gasteiger partial charge >= 0.3 is 5.97 Å². The highest BCUT2D eigenvalue weighted by Gasteiger charge is 2.15. The molecule has 20 heavy (non-hydrogen) atoms. The number of carbonyl (C=O) groups excluding carboxylic acids is 1. The summed E-state index contributed by atoms with van der Waals surface area (Å²) in [6.45, 7) is 0. The van der Waals surface area contributed by atoms with Gasteiger partial charge in [-0.25, -0.2) is 14.2 Å². The van der Waals surface area contributed by atoms with E-state index in [9.17, 15) is 14.0 Å². The summed E-state index contributed by atoms with van der Waals surface area (Å²) in [5, 5.41) is 11.3. The number of hydrogen-bond donors (Lipinski definition) is 3. The molecule has 1 aromatic heterocycles. The summed E-state index contributed by atoms with van der Waals surface area (Å²) in [5.74, 6) is -2.66. The van der Waals surface area contributed by atoms with Crippen molar-refractivity contribution in [2.45, 2.75) is 0 Å². The molecule has 0 spiro atoms. The largest absolute Gasteiger partial charge is 0.478 e. The Kier molecular flexibility index (Phi) is 3.60. The second kappa shape index (κ2) is 5.35. The molecular weight excluding hydrogens is 265 g/mol. The molecule has 0 atom stereocenters. The van der Waals surface area contributed by atoms with E-state index in [1.807, 2.05) is 0 Å². The summed E-state index contributed by atoms with van der Waals surface area (Å²) in [6.07, 6.45) is 1.30. The first kappa shape index (κ1) is 13.5. The molecule has 0 bridgehead atoms. The van der Waals surface area contributed by atoms with Gasteiger partial charge in [-0.05, 0) is 30.3 Å². The summed E-state index contributed by atoms with van der Waals surface area (Å²) in [4.78, 5) is 26.7. The summed E-state index contributed by atoms with van der Waals surface area (Å²) < 4.78 is 13.0. The number of aromatic nitrogens is 1. The Hall–Kier alpha value is -2.96. The fourth-order valence-corrected chi connectivity index (χ4v) is 1.53. The van der Waals surface area contributed by atoms with Gasteiger partial charge in [-0.1, -0.05) is 0 Å². The molecular formula is C13H10FN3O3. The standard InChI is InChI=1S/C13H10FN3O3/c14-7-1-3-10(9(5-7)13(19)20)17-12(18)11-4-2-8(15)6-16-11/h1-6H,15H2,(H,17,18)(H,19,20). The van der Waals surface area contributed by atoms with Crippen LogP contribution in [0.15, 0.2) is 36.5 Å². The molecule has 0 radical (unpaired) electrons. The fraction of sp³-hybridized carbons (Fsp3) is 0. The van der Waals surface area contributed by atoms with Crippen molar-refractivity contribution >= 4 is 23.3 Å². The molecule has 0 fully saturated rings. The van der Waals surface area contributed by atoms with Crippen molar-refractivity contribution < 1.29 is 19.1 Å². The van der Waals surface area contributed by atoms with E-state index in [1.165, 1.54) is 24.4 Å². The van der Waals surface area contributed by atoms with Crippen LogP contribution in [-0.4, -0.2) is 22.0 Å². The molecule has 7 heteroatoms. The number of nitrogens with zero attached hydrogens (tertiary/aromatic N) is 1. The van der Waals surface area contributed by atoms with Crippen LogP contribution >= 0.6 is 0 Å². The van der Waals surface area contributed by atoms with Crippen molar-refractivity contribution in [2.75, 3.05) is 11.1 Å². The van der Waals surface area contributed by atoms with E-state index in [0.29, 0.717) is 5.69 Å². The molecule has 0 aliphatic carbocycles. The van der Waals surface area contributed by atoms with Crippen LogP contribution in [0, 0.1) is 5.82 Å². The third-order valence-electron chi connectivity index (χ3n) is 2.48. The Bertz CT molecular complexity index is 671. The molecule has 0 saturated carbocycles. The number of nitrogen functional groups attached to an aromatic ring is 1. The number of benzene rings is 1. The maximum Gasteiger partial charge on any atom is 0.337 e. The fourth-order valence-electron chi connectivity index (χ4n) is 1.53. The van der Waals surface area contributed by atoms with E-state index in [2.05, 4.69) is 10.3 Å². The van der Waals surface area contributed by atoms with Gasteiger partial charge in [0.2, 0.25) is 0 Å². The van der Waals surface area contributed by atoms with Gasteiger partial charge in [0, 0.05) is 0 Å². The third-order valence-corrected chi connectivity index (χ3v) is 2.48. The molecule has 0 aliphatic heterocycles. The Morgan fingerprint density at radius 2 is 2.00 bits per heavy atom. The molecule has 1 amide bonds. The van der Waals surface area contributed by atoms with Crippen LogP contribution < -0.4 is 11.1 Å². The number of carbonyl (C=O) groups is 2. The highest BCUT2D eigenvalue weighted by molar-refractivity contribution is 6.06. The van der Waals surface area contributed by atoms with E-state index >= 15 is 0 Å². The number of amides is 1. The molecule has 1 heterocycles. The van der Waals surface area contributed by atoms with Crippen molar-refractivity contribution in [1.82, 2.24) is 4.98 Å². The molecule has 0 saturated heterocycles. The van der Waals surface area contributed by atoms with Crippen LogP contribution in [-0.2, 0) is 0 Å². The van der Waals surface area contributed by atoms with Crippen LogP contribution in [0.4, 0.5) is 15.8 Å². The van der Waals surface area contributed by atoms with E-state index in [-0.39, 0.29) is 16.9 Å². The van der Waals surface area contributed by atoms with Crippen molar-refractivity contribution in [2.24, 2.45) is 0 Å². The molecule has 102 valence electrons. The van der Waals surface area contributed by atoms with Crippen LogP contribution in [0.1, 0.15) is 20.8 Å². The van der Waals surface area contributed by atoms with Gasteiger partial charge in [0.05, 0.1) is 23.1 Å². The molecule has 4 N–H and O–H groups in total. The average molecular weight is 275 g/mol. The monoisotopic (exact) mass is 275 g/mol. The van der Waals surface area contributed by atoms with E-state index in [1.54, 1.807) is 0 Å². The number of anilines is 2. The highest BCUT2D eigenvalue weighted by Crippen LogP contribution is 2.18. The lowest BCUT2D eigenvalue weighted by Crippen LogP contribution is -2.16. The Morgan fingerprint density at radius 1 is 1.25 bits per heavy atom. The minimum Gasteiger partial charge on any atom is -0.478 e. The third kappa shape index (κ3) is 2.89. The SMILES string of the molecule is Nc1ccc(C(=O)Nc2ccc(F)cc2C(=O)O)nc1. The Labute approximate surface area is 113 Å². The number of aromatic carboxylic acids is 1. The number of pyridine rings is 1. The number of carboxylic acid groups (broad SMARTS) is 1. The lowest BCUT2D eigenvalue weighted by molar-refractivity contribution is 0.0697. The van der Waals surface area contributed by atoms with Gasteiger partial charge in [0.25, 0.3) is 5.91 Å². The summed E-state index contributed by atoms with van der Waals surface area (Å²) in [6, 6.07) is 5.94. The summed E-state index contributed by atoms with van der Waals surface area (Å²) in [7, 11) is 0. The highest BCUT2D eigenvalue weighted by atomic mass is 19.1. The van der Waals surface area contributed by atoms with Crippen molar-refractivity contribution in [3.05, 3.63) is 53.6 Å². The number of nitrogens with two attached hydrogens (primary N) is 1. The van der Waals surface area contributed by atoms with Crippen molar-refractivity contribution in [1.29, 1.82) is 0 Å². The van der Waals surface area contributed by atoms with Gasteiger partial charge in [0.1, 0.15) is 11.5 Å². The topological polar surface area (TPSA) is 105 Å². The lowest BCUT2D eigenvalue weighted by atomic mass is 10.1. The molecule has 0 aliphatic rings. The van der Waals surface area contributed by atoms with Crippen LogP contribution in [0.3, 0.4) is 0 Å². The predicted molar refractivity (Wildman–Crippen MR) is 70.0 cm³/mol. The van der Waals surface area contributed by atoms with Gasteiger partial charge in [-0.3, -0.25) is 4.79 Å². The molecule has 2 aromatic rings. The zero-order valence-corrected chi connectivity index (χ0v) is 10.1. The Morgan fingerprint density at radius 3 is 2.60 bits per heavy atom. The number of nitrogens with one attached hydrogen (secondary N) is 1. The van der Waals surface area contributed by atoms with Gasteiger partial charge in [0.15, 0.2) is 0 Å². The number of rotatable bonds is 3. The second-order valence-electron chi connectivity index (χ2n) is 3.93. The first-order valence-corrected chi connectivity index (χ1v) is 5.53. The van der Waals surface area contributed by atoms with Crippen molar-refractivity contribution in [3.8, 4) is 0 Å². The molecule has 1 aromatic carbocycles. The zero-order valence-electron chi connectivity index (χ0n) is 10.1. The second-order valence-corrected chi connectivity index (χ2v) is 3.93. The van der Waals surface area contributed by atoms with Crippen LogP contribution in [0.25, 0.3) is 0 Å². The normalized spacial score (nSPS) is 10.1. The van der Waals surface area contributed by atoms with E-state index < -0.39 is 17.7 Å². The van der Waals surface area contributed by atoms with Crippen LogP contribution in [0.5, 0.6) is 0 Å². The average Bonchev–Trinajstić information content (AvgIpc) is 2.41. The summed E-state index contributed by atoms with van der Waals surface area (Å²) in [5.41, 5.74) is 5.56. The van der Waals surface area contributed by atoms with Crippen molar-refractivity contribution in [3.63, 3.8) is 0 Å².